The van der Waals surface area contributed by atoms with E-state index in [-0.39, 0.29) is 17.2 Å². The predicted molar refractivity (Wildman–Crippen MR) is 95.5 cm³/mol. The Morgan fingerprint density at radius 1 is 1.04 bits per heavy atom. The molecule has 0 spiro atoms. The van der Waals surface area contributed by atoms with Crippen molar-refractivity contribution in [1.82, 2.24) is 9.88 Å². The number of hydrogen-bond acceptors (Lipinski definition) is 6. The van der Waals surface area contributed by atoms with Crippen molar-refractivity contribution in [1.29, 1.82) is 0 Å². The molecule has 8 heteroatoms. The minimum atomic E-state index is -3.75. The first-order valence-corrected chi connectivity index (χ1v) is 9.23. The average Bonchev–Trinajstić information content (AvgIpc) is 3.21. The summed E-state index contributed by atoms with van der Waals surface area (Å²) in [6, 6.07) is 13.6. The third-order valence-corrected chi connectivity index (χ3v) is 5.24. The average molecular weight is 374 g/mol. The van der Waals surface area contributed by atoms with Gasteiger partial charge >= 0.3 is 0 Å². The van der Waals surface area contributed by atoms with Crippen LogP contribution < -0.4 is 14.2 Å². The molecule has 0 aliphatic heterocycles. The van der Waals surface area contributed by atoms with E-state index in [1.165, 1.54) is 19.4 Å². The van der Waals surface area contributed by atoms with Crippen molar-refractivity contribution in [3.8, 4) is 22.8 Å². The minimum absolute atomic E-state index is 0.0526. The molecule has 136 valence electrons. The zero-order chi connectivity index (χ0) is 18.6. The topological polar surface area (TPSA) is 90.7 Å². The molecule has 2 aromatic carbocycles. The Bertz CT molecular complexity index is 967. The molecule has 0 unspecified atom stereocenters. The number of nitrogens with zero attached hydrogens (tertiary/aromatic N) is 1. The molecular weight excluding hydrogens is 356 g/mol. The molecule has 0 saturated heterocycles. The Morgan fingerprint density at radius 3 is 2.42 bits per heavy atom. The molecule has 3 rings (SSSR count). The van der Waals surface area contributed by atoms with Crippen LogP contribution in [-0.2, 0) is 16.6 Å². The number of hydrogen-bond donors (Lipinski definition) is 1. The van der Waals surface area contributed by atoms with E-state index in [0.29, 0.717) is 17.1 Å². The summed E-state index contributed by atoms with van der Waals surface area (Å²) < 4.78 is 43.3. The van der Waals surface area contributed by atoms with Gasteiger partial charge in [-0.25, -0.2) is 13.1 Å². The van der Waals surface area contributed by atoms with Crippen LogP contribution >= 0.6 is 0 Å². The number of benzene rings is 2. The quantitative estimate of drug-likeness (QED) is 0.684. The van der Waals surface area contributed by atoms with Gasteiger partial charge in [-0.3, -0.25) is 0 Å². The molecule has 1 heterocycles. The van der Waals surface area contributed by atoms with Crippen LogP contribution in [-0.4, -0.2) is 27.8 Å². The molecule has 0 atom stereocenters. The van der Waals surface area contributed by atoms with E-state index in [9.17, 15) is 8.42 Å². The molecule has 0 saturated carbocycles. The standard InChI is InChI=1S/C18H18N2O5S/c1-23-15-6-3-13(4-7-15)12-20-26(21,22)18-8-5-14(11-17(18)24-2)16-9-10-19-25-16/h3-11,20H,12H2,1-2H3. The molecule has 26 heavy (non-hydrogen) atoms. The summed E-state index contributed by atoms with van der Waals surface area (Å²) in [6.07, 6.45) is 1.52. The highest BCUT2D eigenvalue weighted by Gasteiger charge is 2.20. The van der Waals surface area contributed by atoms with Gasteiger partial charge in [0.15, 0.2) is 5.76 Å². The molecule has 0 amide bonds. The van der Waals surface area contributed by atoms with E-state index >= 15 is 0 Å². The van der Waals surface area contributed by atoms with Gasteiger partial charge < -0.3 is 14.0 Å². The monoisotopic (exact) mass is 374 g/mol. The maximum absolute atomic E-state index is 12.7. The van der Waals surface area contributed by atoms with E-state index < -0.39 is 10.0 Å². The first-order valence-electron chi connectivity index (χ1n) is 7.75. The summed E-state index contributed by atoms with van der Waals surface area (Å²) in [5.74, 6) is 1.46. The van der Waals surface area contributed by atoms with Gasteiger partial charge in [-0.1, -0.05) is 17.3 Å². The Balaban J connectivity index is 1.81. The zero-order valence-electron chi connectivity index (χ0n) is 14.3. The number of sulfonamides is 1. The van der Waals surface area contributed by atoms with Crippen molar-refractivity contribution >= 4 is 10.0 Å². The number of methoxy groups -OCH3 is 2. The van der Waals surface area contributed by atoms with Gasteiger partial charge in [0, 0.05) is 18.2 Å². The fourth-order valence-corrected chi connectivity index (χ4v) is 3.57. The Kier molecular flexibility index (Phi) is 5.24. The number of aromatic nitrogens is 1. The second-order valence-electron chi connectivity index (χ2n) is 5.41. The first kappa shape index (κ1) is 18.0. The molecule has 0 aliphatic rings. The van der Waals surface area contributed by atoms with Gasteiger partial charge in [-0.15, -0.1) is 0 Å². The summed E-state index contributed by atoms with van der Waals surface area (Å²) >= 11 is 0. The van der Waals surface area contributed by atoms with E-state index in [0.717, 1.165) is 5.56 Å². The van der Waals surface area contributed by atoms with E-state index in [1.54, 1.807) is 49.6 Å². The second-order valence-corrected chi connectivity index (χ2v) is 7.15. The molecule has 3 aromatic rings. The van der Waals surface area contributed by atoms with Gasteiger partial charge in [-0.05, 0) is 35.9 Å². The van der Waals surface area contributed by atoms with Crippen molar-refractivity contribution in [2.45, 2.75) is 11.4 Å². The fourth-order valence-electron chi connectivity index (χ4n) is 2.41. The van der Waals surface area contributed by atoms with Crippen LogP contribution in [0.4, 0.5) is 0 Å². The summed E-state index contributed by atoms with van der Waals surface area (Å²) in [4.78, 5) is 0.0526. The van der Waals surface area contributed by atoms with Crippen LogP contribution in [0.1, 0.15) is 5.56 Å². The van der Waals surface area contributed by atoms with Crippen molar-refractivity contribution < 1.29 is 22.4 Å². The molecule has 1 aromatic heterocycles. The fraction of sp³-hybridized carbons (Fsp3) is 0.167. The molecule has 0 fully saturated rings. The van der Waals surface area contributed by atoms with Gasteiger partial charge in [-0.2, -0.15) is 0 Å². The van der Waals surface area contributed by atoms with Crippen molar-refractivity contribution in [2.75, 3.05) is 14.2 Å². The zero-order valence-corrected chi connectivity index (χ0v) is 15.1. The highest BCUT2D eigenvalue weighted by molar-refractivity contribution is 7.89. The van der Waals surface area contributed by atoms with Crippen molar-refractivity contribution in [3.05, 3.63) is 60.3 Å². The van der Waals surface area contributed by atoms with Crippen molar-refractivity contribution in [2.24, 2.45) is 0 Å². The van der Waals surface area contributed by atoms with Crippen LogP contribution in [0.3, 0.4) is 0 Å². The lowest BCUT2D eigenvalue weighted by atomic mass is 10.1. The predicted octanol–water partition coefficient (Wildman–Crippen LogP) is 2.84. The summed E-state index contributed by atoms with van der Waals surface area (Å²) in [5.41, 5.74) is 1.49. The SMILES string of the molecule is COc1ccc(CNS(=O)(=O)c2ccc(-c3ccno3)cc2OC)cc1. The maximum Gasteiger partial charge on any atom is 0.244 e. The molecule has 1 N–H and O–H groups in total. The van der Waals surface area contributed by atoms with Crippen LogP contribution in [0.2, 0.25) is 0 Å². The Hall–Kier alpha value is -2.84. The largest absolute Gasteiger partial charge is 0.497 e. The number of rotatable bonds is 7. The Labute approximate surface area is 151 Å². The highest BCUT2D eigenvalue weighted by Crippen LogP contribution is 2.30. The van der Waals surface area contributed by atoms with Crippen molar-refractivity contribution in [3.63, 3.8) is 0 Å². The number of nitrogens with one attached hydrogen (secondary N) is 1. The smallest absolute Gasteiger partial charge is 0.244 e. The lowest BCUT2D eigenvalue weighted by Gasteiger charge is -2.12. The lowest BCUT2D eigenvalue weighted by Crippen LogP contribution is -2.23. The molecule has 0 radical (unpaired) electrons. The van der Waals surface area contributed by atoms with Gasteiger partial charge in [0.05, 0.1) is 20.4 Å². The van der Waals surface area contributed by atoms with Gasteiger partial charge in [0.2, 0.25) is 10.0 Å². The third-order valence-electron chi connectivity index (χ3n) is 3.80. The van der Waals surface area contributed by atoms with Gasteiger partial charge in [0.25, 0.3) is 0 Å². The van der Waals surface area contributed by atoms with Gasteiger partial charge in [0.1, 0.15) is 16.4 Å². The lowest BCUT2D eigenvalue weighted by molar-refractivity contribution is 0.401. The highest BCUT2D eigenvalue weighted by atomic mass is 32.2. The molecule has 7 nitrogen and oxygen atoms in total. The third kappa shape index (κ3) is 3.87. The summed E-state index contributed by atoms with van der Waals surface area (Å²) in [7, 11) is -0.760. The summed E-state index contributed by atoms with van der Waals surface area (Å²) in [5, 5.41) is 3.65. The van der Waals surface area contributed by atoms with E-state index in [4.69, 9.17) is 14.0 Å². The van der Waals surface area contributed by atoms with E-state index in [1.807, 2.05) is 0 Å². The summed E-state index contributed by atoms with van der Waals surface area (Å²) in [6.45, 7) is 0.152. The minimum Gasteiger partial charge on any atom is -0.497 e. The molecule has 0 aliphatic carbocycles. The maximum atomic E-state index is 12.7. The van der Waals surface area contributed by atoms with Crippen LogP contribution in [0.15, 0.2) is 64.1 Å². The molecule has 0 bridgehead atoms. The normalized spacial score (nSPS) is 11.3. The molecular formula is C18H18N2O5S. The second kappa shape index (κ2) is 7.59. The number of ether oxygens (including phenoxy) is 2. The van der Waals surface area contributed by atoms with Crippen LogP contribution in [0, 0.1) is 0 Å². The van der Waals surface area contributed by atoms with Crippen LogP contribution in [0.5, 0.6) is 11.5 Å². The van der Waals surface area contributed by atoms with E-state index in [2.05, 4.69) is 9.88 Å². The Morgan fingerprint density at radius 2 is 1.81 bits per heavy atom. The van der Waals surface area contributed by atoms with Crippen LogP contribution in [0.25, 0.3) is 11.3 Å². The first-order chi connectivity index (χ1) is 12.5.